The molecule has 5 atom stereocenters. The van der Waals surface area contributed by atoms with Crippen LogP contribution in [-0.2, 0) is 4.74 Å². The lowest BCUT2D eigenvalue weighted by Crippen LogP contribution is -2.25. The van der Waals surface area contributed by atoms with Crippen molar-refractivity contribution in [2.45, 2.75) is 37.3 Å². The van der Waals surface area contributed by atoms with Crippen LogP contribution in [0.3, 0.4) is 0 Å². The van der Waals surface area contributed by atoms with Crippen molar-refractivity contribution < 1.29 is 28.5 Å². The van der Waals surface area contributed by atoms with Crippen molar-refractivity contribution in [2.24, 2.45) is 11.8 Å². The van der Waals surface area contributed by atoms with Gasteiger partial charge in [0.1, 0.15) is 5.75 Å². The van der Waals surface area contributed by atoms with E-state index in [1.807, 2.05) is 0 Å². The van der Waals surface area contributed by atoms with Crippen LogP contribution in [0.15, 0.2) is 42.5 Å². The second kappa shape index (κ2) is 6.55. The molecule has 23 heavy (non-hydrogen) atoms. The molecule has 0 spiro atoms. The van der Waals surface area contributed by atoms with E-state index in [1.54, 1.807) is 30.3 Å². The molecule has 1 aromatic carbocycles. The molecule has 1 aromatic rings. The Morgan fingerprint density at radius 3 is 2.70 bits per heavy atom. The lowest BCUT2D eigenvalue weighted by atomic mass is 9.91. The number of fused-ring (bicyclic) bond motifs is 1. The van der Waals surface area contributed by atoms with E-state index < -0.39 is 30.8 Å². The largest absolute Gasteiger partial charge is 0.487 e. The number of aliphatic hydroxyl groups is 2. The topological polar surface area (TPSA) is 58.9 Å². The molecule has 3 rings (SSSR count). The predicted molar refractivity (Wildman–Crippen MR) is 79.1 cm³/mol. The first-order chi connectivity index (χ1) is 10.9. The van der Waals surface area contributed by atoms with Gasteiger partial charge in [0.2, 0.25) is 0 Å². The summed E-state index contributed by atoms with van der Waals surface area (Å²) >= 11 is 0. The normalized spacial score (nSPS) is 34.0. The van der Waals surface area contributed by atoms with Gasteiger partial charge in [0, 0.05) is 18.8 Å². The highest BCUT2D eigenvalue weighted by Gasteiger charge is 2.48. The van der Waals surface area contributed by atoms with Crippen molar-refractivity contribution in [1.29, 1.82) is 0 Å². The minimum Gasteiger partial charge on any atom is -0.487 e. The van der Waals surface area contributed by atoms with Crippen molar-refractivity contribution in [3.05, 3.63) is 42.5 Å². The Balaban J connectivity index is 1.59. The molecular formula is C17H20F2O4. The van der Waals surface area contributed by atoms with Crippen LogP contribution in [0.5, 0.6) is 5.75 Å². The van der Waals surface area contributed by atoms with Crippen molar-refractivity contribution in [1.82, 2.24) is 0 Å². The molecule has 1 aliphatic heterocycles. The zero-order chi connectivity index (χ0) is 16.4. The summed E-state index contributed by atoms with van der Waals surface area (Å²) in [7, 11) is 0. The summed E-state index contributed by atoms with van der Waals surface area (Å²) in [5.74, 6) is -3.30. The highest BCUT2D eigenvalue weighted by molar-refractivity contribution is 5.21. The number of rotatable bonds is 5. The van der Waals surface area contributed by atoms with E-state index in [-0.39, 0.29) is 12.0 Å². The summed E-state index contributed by atoms with van der Waals surface area (Å²) in [5, 5.41) is 19.5. The Labute approximate surface area is 133 Å². The van der Waals surface area contributed by atoms with E-state index >= 15 is 0 Å². The first-order valence-corrected chi connectivity index (χ1v) is 7.71. The third-order valence-corrected chi connectivity index (χ3v) is 4.43. The van der Waals surface area contributed by atoms with Gasteiger partial charge in [-0.3, -0.25) is 0 Å². The molecule has 2 aliphatic rings. The molecule has 0 radical (unpaired) electrons. The fourth-order valence-electron chi connectivity index (χ4n) is 3.33. The molecule has 0 amide bonds. The molecule has 1 heterocycles. The first kappa shape index (κ1) is 16.4. The van der Waals surface area contributed by atoms with Crippen molar-refractivity contribution in [3.8, 4) is 5.75 Å². The van der Waals surface area contributed by atoms with Crippen molar-refractivity contribution in [2.75, 3.05) is 6.61 Å². The fourth-order valence-corrected chi connectivity index (χ4v) is 3.33. The van der Waals surface area contributed by atoms with E-state index in [4.69, 9.17) is 9.47 Å². The van der Waals surface area contributed by atoms with Gasteiger partial charge in [0.05, 0.1) is 12.2 Å². The van der Waals surface area contributed by atoms with Crippen molar-refractivity contribution in [3.63, 3.8) is 0 Å². The standard InChI is InChI=1S/C17H20F2O4/c18-17(19,10-22-11-4-2-1-3-5-11)7-6-12-13-8-16(21)23-15(13)9-14(12)20/h1-7,12-16,20-21H,8-10H2/b7-6+/t12-,13-,14-,15+,16?/m0/s1. The van der Waals surface area contributed by atoms with Gasteiger partial charge in [-0.25, -0.2) is 0 Å². The molecule has 6 heteroatoms. The van der Waals surface area contributed by atoms with Crippen LogP contribution in [-0.4, -0.2) is 41.2 Å². The zero-order valence-corrected chi connectivity index (χ0v) is 12.5. The fraction of sp³-hybridized carbons (Fsp3) is 0.529. The molecule has 126 valence electrons. The highest BCUT2D eigenvalue weighted by Crippen LogP contribution is 2.43. The van der Waals surface area contributed by atoms with Gasteiger partial charge in [-0.1, -0.05) is 24.3 Å². The number of hydrogen-bond acceptors (Lipinski definition) is 4. The highest BCUT2D eigenvalue weighted by atomic mass is 19.3. The minimum absolute atomic E-state index is 0.123. The Bertz CT molecular complexity index is 549. The third kappa shape index (κ3) is 3.88. The van der Waals surface area contributed by atoms with Gasteiger partial charge in [-0.15, -0.1) is 0 Å². The summed E-state index contributed by atoms with van der Waals surface area (Å²) in [6.07, 6.45) is 1.01. The van der Waals surface area contributed by atoms with Crippen LogP contribution in [0, 0.1) is 11.8 Å². The van der Waals surface area contributed by atoms with Crippen LogP contribution in [0.4, 0.5) is 8.78 Å². The molecule has 0 aromatic heterocycles. The summed E-state index contributed by atoms with van der Waals surface area (Å²) < 4.78 is 38.2. The lowest BCUT2D eigenvalue weighted by molar-refractivity contribution is -0.0949. The van der Waals surface area contributed by atoms with Gasteiger partial charge >= 0.3 is 0 Å². The average molecular weight is 326 g/mol. The van der Waals surface area contributed by atoms with E-state index in [2.05, 4.69) is 0 Å². The van der Waals surface area contributed by atoms with Gasteiger partial charge in [0.15, 0.2) is 12.9 Å². The van der Waals surface area contributed by atoms with Crippen LogP contribution in [0.2, 0.25) is 0 Å². The second-order valence-electron chi connectivity index (χ2n) is 6.13. The smallest absolute Gasteiger partial charge is 0.299 e. The van der Waals surface area contributed by atoms with Crippen LogP contribution < -0.4 is 4.74 Å². The van der Waals surface area contributed by atoms with E-state index in [0.29, 0.717) is 18.6 Å². The Kier molecular flexibility index (Phi) is 4.66. The maximum Gasteiger partial charge on any atom is 0.299 e. The Morgan fingerprint density at radius 1 is 1.22 bits per heavy atom. The molecule has 4 nitrogen and oxygen atoms in total. The van der Waals surface area contributed by atoms with E-state index in [0.717, 1.165) is 6.08 Å². The number of para-hydroxylation sites is 1. The minimum atomic E-state index is -3.13. The predicted octanol–water partition coefficient (Wildman–Crippen LogP) is 2.36. The number of alkyl halides is 2. The monoisotopic (exact) mass is 326 g/mol. The Morgan fingerprint density at radius 2 is 1.96 bits per heavy atom. The van der Waals surface area contributed by atoms with E-state index in [9.17, 15) is 19.0 Å². The number of halogens is 2. The molecule has 0 bridgehead atoms. The van der Waals surface area contributed by atoms with Gasteiger partial charge in [0.25, 0.3) is 5.92 Å². The number of aliphatic hydroxyl groups excluding tert-OH is 2. The maximum atomic E-state index is 13.9. The quantitative estimate of drug-likeness (QED) is 0.816. The Hall–Kier alpha value is -1.50. The number of hydrogen-bond donors (Lipinski definition) is 2. The van der Waals surface area contributed by atoms with Crippen molar-refractivity contribution >= 4 is 0 Å². The van der Waals surface area contributed by atoms with Crippen LogP contribution in [0.25, 0.3) is 0 Å². The third-order valence-electron chi connectivity index (χ3n) is 4.43. The summed E-state index contributed by atoms with van der Waals surface area (Å²) in [4.78, 5) is 0. The van der Waals surface area contributed by atoms with Gasteiger partial charge < -0.3 is 19.7 Å². The first-order valence-electron chi connectivity index (χ1n) is 7.71. The zero-order valence-electron chi connectivity index (χ0n) is 12.5. The van der Waals surface area contributed by atoms with Gasteiger partial charge in [-0.05, 0) is 24.1 Å². The maximum absolute atomic E-state index is 13.9. The average Bonchev–Trinajstić information content (AvgIpc) is 2.99. The molecule has 1 aliphatic carbocycles. The summed E-state index contributed by atoms with van der Waals surface area (Å²) in [5.41, 5.74) is 0. The van der Waals surface area contributed by atoms with E-state index in [1.165, 1.54) is 6.08 Å². The second-order valence-corrected chi connectivity index (χ2v) is 6.13. The SMILES string of the molecule is OC1C[C@H]2[C@H](/C=C/C(F)(F)COc3ccccc3)[C@@H](O)C[C@H]2O1. The molecular weight excluding hydrogens is 306 g/mol. The molecule has 2 N–H and O–H groups in total. The summed E-state index contributed by atoms with van der Waals surface area (Å²) in [6, 6.07) is 8.43. The van der Waals surface area contributed by atoms with Gasteiger partial charge in [-0.2, -0.15) is 8.78 Å². The molecule has 2 fully saturated rings. The van der Waals surface area contributed by atoms with Crippen LogP contribution in [0.1, 0.15) is 12.8 Å². The number of benzene rings is 1. The lowest BCUT2D eigenvalue weighted by Gasteiger charge is -2.18. The van der Waals surface area contributed by atoms with Crippen LogP contribution >= 0.6 is 0 Å². The molecule has 1 saturated carbocycles. The molecule has 1 saturated heterocycles. The summed E-state index contributed by atoms with van der Waals surface area (Å²) in [6.45, 7) is -0.760. The number of ether oxygens (including phenoxy) is 2. The molecule has 1 unspecified atom stereocenters.